The molecule has 2 saturated carbocycles. The Morgan fingerprint density at radius 1 is 1.30 bits per heavy atom. The summed E-state index contributed by atoms with van der Waals surface area (Å²) in [5.41, 5.74) is -0.403. The second kappa shape index (κ2) is 7.84. The lowest BCUT2D eigenvalue weighted by Crippen LogP contribution is -2.45. The SMILES string of the molecule is C[C@H](OC(=O)c1ccc(Cl)c([N+](=O)[O-])c1)C(=O)N[C@H](C)[C@@H]1C[C@H]2CC[C@H]1C2. The molecule has 146 valence electrons. The smallest absolute Gasteiger partial charge is 0.339 e. The van der Waals surface area contributed by atoms with Crippen molar-refractivity contribution in [3.05, 3.63) is 38.9 Å². The summed E-state index contributed by atoms with van der Waals surface area (Å²) in [7, 11) is 0. The lowest BCUT2D eigenvalue weighted by molar-refractivity contribution is -0.384. The lowest BCUT2D eigenvalue weighted by atomic mass is 9.84. The van der Waals surface area contributed by atoms with Gasteiger partial charge in [-0.3, -0.25) is 14.9 Å². The Balaban J connectivity index is 1.57. The van der Waals surface area contributed by atoms with E-state index < -0.39 is 17.0 Å². The summed E-state index contributed by atoms with van der Waals surface area (Å²) in [6, 6.07) is 3.68. The van der Waals surface area contributed by atoms with Crippen LogP contribution < -0.4 is 5.32 Å². The highest BCUT2D eigenvalue weighted by molar-refractivity contribution is 6.32. The monoisotopic (exact) mass is 394 g/mol. The van der Waals surface area contributed by atoms with E-state index in [2.05, 4.69) is 5.32 Å². The number of ether oxygens (including phenoxy) is 1. The van der Waals surface area contributed by atoms with Crippen molar-refractivity contribution in [1.82, 2.24) is 5.32 Å². The van der Waals surface area contributed by atoms with Crippen molar-refractivity contribution >= 4 is 29.2 Å². The molecule has 8 heteroatoms. The number of nitrogens with one attached hydrogen (secondary N) is 1. The summed E-state index contributed by atoms with van der Waals surface area (Å²) in [5, 5.41) is 13.8. The number of amides is 1. The molecule has 0 aromatic heterocycles. The maximum Gasteiger partial charge on any atom is 0.339 e. The van der Waals surface area contributed by atoms with Gasteiger partial charge in [0.25, 0.3) is 11.6 Å². The van der Waals surface area contributed by atoms with Gasteiger partial charge < -0.3 is 10.1 Å². The summed E-state index contributed by atoms with van der Waals surface area (Å²) in [4.78, 5) is 34.9. The van der Waals surface area contributed by atoms with Gasteiger partial charge in [-0.15, -0.1) is 0 Å². The lowest BCUT2D eigenvalue weighted by Gasteiger charge is -2.29. The number of carbonyl (C=O) groups excluding carboxylic acids is 2. The Hall–Kier alpha value is -2.15. The fraction of sp³-hybridized carbons (Fsp3) is 0.579. The third-order valence-electron chi connectivity index (χ3n) is 5.84. The van der Waals surface area contributed by atoms with Crippen molar-refractivity contribution in [2.45, 2.75) is 51.7 Å². The second-order valence-corrected chi connectivity index (χ2v) is 8.01. The normalized spacial score (nSPS) is 25.7. The van der Waals surface area contributed by atoms with Crippen LogP contribution in [0.1, 0.15) is 49.9 Å². The van der Waals surface area contributed by atoms with E-state index in [0.717, 1.165) is 18.4 Å². The predicted molar refractivity (Wildman–Crippen MR) is 99.5 cm³/mol. The fourth-order valence-corrected chi connectivity index (χ4v) is 4.60. The average molecular weight is 395 g/mol. The van der Waals surface area contributed by atoms with Crippen molar-refractivity contribution in [1.29, 1.82) is 0 Å². The summed E-state index contributed by atoms with van der Waals surface area (Å²) in [5.74, 6) is 0.787. The van der Waals surface area contributed by atoms with Gasteiger partial charge in [0, 0.05) is 12.1 Å². The molecule has 1 aromatic carbocycles. The van der Waals surface area contributed by atoms with Crippen LogP contribution in [-0.4, -0.2) is 28.9 Å². The first kappa shape index (κ1) is 19.6. The number of nitro groups is 1. The quantitative estimate of drug-likeness (QED) is 0.450. The summed E-state index contributed by atoms with van der Waals surface area (Å²) in [6.07, 6.45) is 3.94. The van der Waals surface area contributed by atoms with E-state index in [4.69, 9.17) is 16.3 Å². The molecular formula is C19H23ClN2O5. The molecule has 0 unspecified atom stereocenters. The first-order valence-corrected chi connectivity index (χ1v) is 9.59. The Morgan fingerprint density at radius 3 is 2.63 bits per heavy atom. The van der Waals surface area contributed by atoms with Crippen LogP contribution in [0, 0.1) is 27.9 Å². The zero-order valence-electron chi connectivity index (χ0n) is 15.3. The minimum absolute atomic E-state index is 0.0214. The molecule has 7 nitrogen and oxygen atoms in total. The second-order valence-electron chi connectivity index (χ2n) is 7.61. The van der Waals surface area contributed by atoms with Gasteiger partial charge in [0.05, 0.1) is 10.5 Å². The summed E-state index contributed by atoms with van der Waals surface area (Å²) >= 11 is 5.74. The standard InChI is InChI=1S/C19H23ClN2O5/c1-10(15-8-12-3-4-13(15)7-12)21-18(23)11(2)27-19(24)14-5-6-16(20)17(9-14)22(25)26/h5-6,9-13,15H,3-4,7-8H2,1-2H3,(H,21,23)/t10-,11+,12+,13+,15+/m1/s1. The number of benzene rings is 1. The molecule has 2 bridgehead atoms. The van der Waals surface area contributed by atoms with Crippen molar-refractivity contribution < 1.29 is 19.2 Å². The van der Waals surface area contributed by atoms with Gasteiger partial charge in [-0.05, 0) is 63.0 Å². The van der Waals surface area contributed by atoms with Gasteiger partial charge in [0.1, 0.15) is 5.02 Å². The van der Waals surface area contributed by atoms with E-state index in [1.54, 1.807) is 0 Å². The van der Waals surface area contributed by atoms with Crippen LogP contribution in [-0.2, 0) is 9.53 Å². The third-order valence-corrected chi connectivity index (χ3v) is 6.16. The largest absolute Gasteiger partial charge is 0.449 e. The molecule has 2 aliphatic carbocycles. The first-order valence-electron chi connectivity index (χ1n) is 9.21. The van der Waals surface area contributed by atoms with Crippen LogP contribution in [0.2, 0.25) is 5.02 Å². The Bertz CT molecular complexity index is 768. The van der Waals surface area contributed by atoms with Gasteiger partial charge in [-0.1, -0.05) is 18.0 Å². The van der Waals surface area contributed by atoms with Gasteiger partial charge in [0.15, 0.2) is 6.10 Å². The number of hydrogen-bond donors (Lipinski definition) is 1. The van der Waals surface area contributed by atoms with Crippen LogP contribution in [0.25, 0.3) is 0 Å². The fourth-order valence-electron chi connectivity index (χ4n) is 4.42. The molecule has 1 amide bonds. The van der Waals surface area contributed by atoms with Crippen molar-refractivity contribution in [2.24, 2.45) is 17.8 Å². The maximum absolute atomic E-state index is 12.4. The Labute approximate surface area is 162 Å². The van der Waals surface area contributed by atoms with E-state index in [9.17, 15) is 19.7 Å². The van der Waals surface area contributed by atoms with E-state index in [1.807, 2.05) is 6.92 Å². The zero-order valence-corrected chi connectivity index (χ0v) is 16.1. The molecule has 2 aliphatic rings. The van der Waals surface area contributed by atoms with Crippen LogP contribution >= 0.6 is 11.6 Å². The molecule has 0 aliphatic heterocycles. The van der Waals surface area contributed by atoms with Gasteiger partial charge in [-0.2, -0.15) is 0 Å². The van der Waals surface area contributed by atoms with E-state index >= 15 is 0 Å². The minimum atomic E-state index is -0.992. The molecule has 1 aromatic rings. The third kappa shape index (κ3) is 4.24. The molecule has 5 atom stereocenters. The zero-order chi connectivity index (χ0) is 19.7. The number of fused-ring (bicyclic) bond motifs is 2. The van der Waals surface area contributed by atoms with E-state index in [-0.39, 0.29) is 28.2 Å². The molecule has 0 spiro atoms. The topological polar surface area (TPSA) is 98.5 Å². The molecule has 3 rings (SSSR count). The van der Waals surface area contributed by atoms with Crippen molar-refractivity contribution in [2.75, 3.05) is 0 Å². The number of carbonyl (C=O) groups is 2. The van der Waals surface area contributed by atoms with Crippen LogP contribution in [0.15, 0.2) is 18.2 Å². The van der Waals surface area contributed by atoms with Gasteiger partial charge in [-0.25, -0.2) is 4.79 Å². The Kier molecular flexibility index (Phi) is 5.69. The van der Waals surface area contributed by atoms with Crippen molar-refractivity contribution in [3.8, 4) is 0 Å². The maximum atomic E-state index is 12.4. The average Bonchev–Trinajstić information content (AvgIpc) is 3.24. The highest BCUT2D eigenvalue weighted by atomic mass is 35.5. The number of halogens is 1. The van der Waals surface area contributed by atoms with Crippen LogP contribution in [0.3, 0.4) is 0 Å². The highest BCUT2D eigenvalue weighted by Gasteiger charge is 2.42. The van der Waals surface area contributed by atoms with E-state index in [1.165, 1.54) is 38.3 Å². The molecular weight excluding hydrogens is 372 g/mol. The number of nitrogens with zero attached hydrogens (tertiary/aromatic N) is 1. The molecule has 0 radical (unpaired) electrons. The van der Waals surface area contributed by atoms with Gasteiger partial charge in [0.2, 0.25) is 0 Å². The highest BCUT2D eigenvalue weighted by Crippen LogP contribution is 2.49. The predicted octanol–water partition coefficient (Wildman–Crippen LogP) is 3.73. The van der Waals surface area contributed by atoms with Crippen LogP contribution in [0.4, 0.5) is 5.69 Å². The molecule has 0 heterocycles. The van der Waals surface area contributed by atoms with E-state index in [0.29, 0.717) is 11.8 Å². The Morgan fingerprint density at radius 2 is 2.04 bits per heavy atom. The molecule has 27 heavy (non-hydrogen) atoms. The summed E-state index contributed by atoms with van der Waals surface area (Å²) in [6.45, 7) is 3.49. The van der Waals surface area contributed by atoms with Gasteiger partial charge >= 0.3 is 5.97 Å². The minimum Gasteiger partial charge on any atom is -0.449 e. The number of nitro benzene ring substituents is 1. The first-order chi connectivity index (χ1) is 12.8. The van der Waals surface area contributed by atoms with Crippen LogP contribution in [0.5, 0.6) is 0 Å². The summed E-state index contributed by atoms with van der Waals surface area (Å²) < 4.78 is 5.18. The molecule has 2 fully saturated rings. The number of hydrogen-bond acceptors (Lipinski definition) is 5. The number of esters is 1. The number of rotatable bonds is 6. The molecule has 1 N–H and O–H groups in total. The van der Waals surface area contributed by atoms with Crippen molar-refractivity contribution in [3.63, 3.8) is 0 Å². The molecule has 0 saturated heterocycles.